The van der Waals surface area contributed by atoms with E-state index in [0.717, 1.165) is 13.0 Å². The van der Waals surface area contributed by atoms with Crippen molar-refractivity contribution in [2.75, 3.05) is 0 Å². The molecule has 1 aromatic carbocycles. The van der Waals surface area contributed by atoms with E-state index in [1.807, 2.05) is 6.92 Å². The van der Waals surface area contributed by atoms with Gasteiger partial charge in [0, 0.05) is 18.7 Å². The minimum atomic E-state index is -0.414. The molecule has 0 saturated carbocycles. The van der Waals surface area contributed by atoms with Gasteiger partial charge in [-0.1, -0.05) is 12.1 Å². The fraction of sp³-hybridized carbons (Fsp3) is 0.333. The van der Waals surface area contributed by atoms with Gasteiger partial charge in [-0.15, -0.1) is 5.10 Å². The Morgan fingerprint density at radius 2 is 2.33 bits per heavy atom. The largest absolute Gasteiger partial charge is 0.271 e. The summed E-state index contributed by atoms with van der Waals surface area (Å²) in [5.41, 5.74) is 1.47. The lowest BCUT2D eigenvalue weighted by molar-refractivity contribution is -0.384. The zero-order valence-corrected chi connectivity index (χ0v) is 8.25. The van der Waals surface area contributed by atoms with Gasteiger partial charge in [0.15, 0.2) is 0 Å². The fourth-order valence-corrected chi connectivity index (χ4v) is 1.44. The second kappa shape index (κ2) is 3.64. The van der Waals surface area contributed by atoms with Crippen LogP contribution in [0.2, 0.25) is 0 Å². The van der Waals surface area contributed by atoms with Crippen LogP contribution in [-0.4, -0.2) is 19.9 Å². The summed E-state index contributed by atoms with van der Waals surface area (Å²) >= 11 is 0. The van der Waals surface area contributed by atoms with E-state index in [4.69, 9.17) is 0 Å². The smallest absolute Gasteiger partial charge is 0.258 e. The summed E-state index contributed by atoms with van der Waals surface area (Å²) in [6, 6.07) is 4.56. The van der Waals surface area contributed by atoms with Gasteiger partial charge in [0.05, 0.1) is 10.4 Å². The van der Waals surface area contributed by atoms with Crippen molar-refractivity contribution in [3.63, 3.8) is 0 Å². The number of nitro groups is 1. The van der Waals surface area contributed by atoms with Gasteiger partial charge in [0.2, 0.25) is 0 Å². The van der Waals surface area contributed by atoms with Crippen LogP contribution in [0, 0.1) is 10.1 Å². The molecule has 2 aromatic rings. The van der Waals surface area contributed by atoms with E-state index >= 15 is 0 Å². The fourth-order valence-electron chi connectivity index (χ4n) is 1.44. The second-order valence-corrected chi connectivity index (χ2v) is 3.24. The quantitative estimate of drug-likeness (QED) is 0.566. The number of nitrogens with zero attached hydrogens (tertiary/aromatic N) is 4. The van der Waals surface area contributed by atoms with E-state index in [9.17, 15) is 10.1 Å². The van der Waals surface area contributed by atoms with Gasteiger partial charge in [0.1, 0.15) is 5.52 Å². The zero-order valence-electron chi connectivity index (χ0n) is 8.25. The topological polar surface area (TPSA) is 73.8 Å². The number of aryl methyl sites for hydroxylation is 1. The molecule has 0 fully saturated rings. The number of nitro benzene ring substituents is 1. The first-order valence-corrected chi connectivity index (χ1v) is 4.70. The molecule has 6 heteroatoms. The predicted molar refractivity (Wildman–Crippen MR) is 54.5 cm³/mol. The van der Waals surface area contributed by atoms with Crippen LogP contribution < -0.4 is 0 Å². The molecule has 0 aliphatic rings. The number of hydrogen-bond acceptors (Lipinski definition) is 4. The highest BCUT2D eigenvalue weighted by atomic mass is 16.6. The van der Waals surface area contributed by atoms with Gasteiger partial charge in [-0.05, 0) is 12.5 Å². The highest BCUT2D eigenvalue weighted by Crippen LogP contribution is 2.18. The molecule has 0 aliphatic heterocycles. The third-order valence-corrected chi connectivity index (χ3v) is 2.14. The van der Waals surface area contributed by atoms with Crippen LogP contribution in [0.4, 0.5) is 5.69 Å². The van der Waals surface area contributed by atoms with Crippen LogP contribution in [0.15, 0.2) is 18.2 Å². The van der Waals surface area contributed by atoms with Crippen molar-refractivity contribution in [2.45, 2.75) is 19.9 Å². The molecule has 1 heterocycles. The maximum Gasteiger partial charge on any atom is 0.271 e. The van der Waals surface area contributed by atoms with Crippen LogP contribution in [0.5, 0.6) is 0 Å². The van der Waals surface area contributed by atoms with Gasteiger partial charge in [-0.2, -0.15) is 0 Å². The minimum absolute atomic E-state index is 0.0714. The van der Waals surface area contributed by atoms with Crippen molar-refractivity contribution in [1.29, 1.82) is 0 Å². The monoisotopic (exact) mass is 206 g/mol. The molecule has 0 aliphatic carbocycles. The third kappa shape index (κ3) is 1.65. The molecule has 0 saturated heterocycles. The minimum Gasteiger partial charge on any atom is -0.258 e. The van der Waals surface area contributed by atoms with Crippen LogP contribution in [-0.2, 0) is 6.54 Å². The zero-order chi connectivity index (χ0) is 10.8. The number of fused-ring (bicyclic) bond motifs is 1. The van der Waals surface area contributed by atoms with Crippen molar-refractivity contribution in [3.05, 3.63) is 28.3 Å². The van der Waals surface area contributed by atoms with E-state index in [0.29, 0.717) is 11.0 Å². The average molecular weight is 206 g/mol. The number of hydrogen-bond donors (Lipinski definition) is 0. The highest BCUT2D eigenvalue weighted by molar-refractivity contribution is 5.76. The lowest BCUT2D eigenvalue weighted by atomic mass is 10.3. The normalized spacial score (nSPS) is 10.7. The van der Waals surface area contributed by atoms with Gasteiger partial charge in [-0.25, -0.2) is 4.68 Å². The van der Waals surface area contributed by atoms with E-state index < -0.39 is 4.92 Å². The van der Waals surface area contributed by atoms with Gasteiger partial charge >= 0.3 is 0 Å². The summed E-state index contributed by atoms with van der Waals surface area (Å²) in [5, 5.41) is 18.4. The molecular weight excluding hydrogens is 196 g/mol. The van der Waals surface area contributed by atoms with Crippen LogP contribution in [0.25, 0.3) is 11.0 Å². The van der Waals surface area contributed by atoms with Crippen molar-refractivity contribution >= 4 is 16.7 Å². The summed E-state index contributed by atoms with van der Waals surface area (Å²) in [4.78, 5) is 10.2. The number of aromatic nitrogens is 3. The molecule has 78 valence electrons. The van der Waals surface area contributed by atoms with Crippen molar-refractivity contribution < 1.29 is 4.92 Å². The Labute approximate surface area is 85.7 Å². The first-order chi connectivity index (χ1) is 7.22. The molecule has 15 heavy (non-hydrogen) atoms. The van der Waals surface area contributed by atoms with E-state index in [2.05, 4.69) is 10.3 Å². The van der Waals surface area contributed by atoms with Crippen molar-refractivity contribution in [1.82, 2.24) is 15.0 Å². The molecule has 0 spiro atoms. The Kier molecular flexibility index (Phi) is 2.32. The van der Waals surface area contributed by atoms with E-state index in [1.165, 1.54) is 12.1 Å². The van der Waals surface area contributed by atoms with Gasteiger partial charge < -0.3 is 0 Å². The summed E-state index contributed by atoms with van der Waals surface area (Å²) in [6.45, 7) is 2.74. The number of rotatable bonds is 3. The molecule has 0 radical (unpaired) electrons. The van der Waals surface area contributed by atoms with Gasteiger partial charge in [-0.3, -0.25) is 10.1 Å². The summed E-state index contributed by atoms with van der Waals surface area (Å²) in [7, 11) is 0. The summed E-state index contributed by atoms with van der Waals surface area (Å²) in [6.07, 6.45) is 0.918. The Bertz CT molecular complexity index is 506. The third-order valence-electron chi connectivity index (χ3n) is 2.14. The average Bonchev–Trinajstić information content (AvgIpc) is 2.61. The standard InChI is InChI=1S/C9H10N4O2/c1-2-5-12-9-6-7(13(14)15)3-4-8(9)10-11-12/h3-4,6H,2,5H2,1H3. The lowest BCUT2D eigenvalue weighted by Crippen LogP contribution is -1.99. The maximum absolute atomic E-state index is 10.6. The Balaban J connectivity index is 2.56. The lowest BCUT2D eigenvalue weighted by Gasteiger charge is -1.97. The maximum atomic E-state index is 10.6. The Morgan fingerprint density at radius 1 is 1.53 bits per heavy atom. The van der Waals surface area contributed by atoms with E-state index in [1.54, 1.807) is 10.7 Å². The first-order valence-electron chi connectivity index (χ1n) is 4.70. The van der Waals surface area contributed by atoms with Crippen molar-refractivity contribution in [2.24, 2.45) is 0 Å². The molecular formula is C9H10N4O2. The molecule has 0 unspecified atom stereocenters. The number of benzene rings is 1. The highest BCUT2D eigenvalue weighted by Gasteiger charge is 2.10. The summed E-state index contributed by atoms with van der Waals surface area (Å²) in [5.74, 6) is 0. The molecule has 0 amide bonds. The first kappa shape index (κ1) is 9.57. The molecule has 1 aromatic heterocycles. The predicted octanol–water partition coefficient (Wildman–Crippen LogP) is 1.75. The second-order valence-electron chi connectivity index (χ2n) is 3.24. The number of non-ortho nitro benzene ring substituents is 1. The molecule has 6 nitrogen and oxygen atoms in total. The Morgan fingerprint density at radius 3 is 3.00 bits per heavy atom. The molecule has 2 rings (SSSR count). The molecule has 0 atom stereocenters. The van der Waals surface area contributed by atoms with E-state index in [-0.39, 0.29) is 5.69 Å². The molecule has 0 N–H and O–H groups in total. The summed E-state index contributed by atoms with van der Waals surface area (Å²) < 4.78 is 1.68. The van der Waals surface area contributed by atoms with Crippen LogP contribution >= 0.6 is 0 Å². The Hall–Kier alpha value is -1.98. The van der Waals surface area contributed by atoms with Crippen LogP contribution in [0.3, 0.4) is 0 Å². The molecule has 0 bridgehead atoms. The van der Waals surface area contributed by atoms with Crippen LogP contribution in [0.1, 0.15) is 13.3 Å². The van der Waals surface area contributed by atoms with Crippen molar-refractivity contribution in [3.8, 4) is 0 Å². The van der Waals surface area contributed by atoms with Gasteiger partial charge in [0.25, 0.3) is 5.69 Å². The SMILES string of the molecule is CCCn1nnc2ccc([N+](=O)[O-])cc21.